The maximum absolute atomic E-state index is 9.31. The first kappa shape index (κ1) is 17.1. The Bertz CT molecular complexity index is 158. The van der Waals surface area contributed by atoms with Gasteiger partial charge in [-0.3, -0.25) is 0 Å². The second kappa shape index (κ2) is 8.21. The Balaban J connectivity index is 4.28. The molecular weight excluding hydrogens is 234 g/mol. The van der Waals surface area contributed by atoms with Gasteiger partial charge in [0.1, 0.15) is 8.07 Å². The van der Waals surface area contributed by atoms with Crippen molar-refractivity contribution in [2.75, 3.05) is 44.9 Å². The Kier molecular flexibility index (Phi) is 8.24. The lowest BCUT2D eigenvalue weighted by Gasteiger charge is -2.37. The summed E-state index contributed by atoms with van der Waals surface area (Å²) in [7, 11) is -2.20. The summed E-state index contributed by atoms with van der Waals surface area (Å²) in [5.74, 6) is 0. The third-order valence-corrected chi connectivity index (χ3v) is 7.78. The van der Waals surface area contributed by atoms with Gasteiger partial charge in [0.05, 0.1) is 26.2 Å². The second-order valence-corrected chi connectivity index (χ2v) is 9.54. The average Bonchev–Trinajstić information content (AvgIpc) is 2.41. The minimum atomic E-state index is -2.20. The van der Waals surface area contributed by atoms with Gasteiger partial charge in [-0.2, -0.15) is 0 Å². The molecule has 0 rings (SSSR count). The van der Waals surface area contributed by atoms with Crippen molar-refractivity contribution in [3.8, 4) is 0 Å². The van der Waals surface area contributed by atoms with Crippen LogP contribution in [0, 0.1) is 0 Å². The molecule has 4 nitrogen and oxygen atoms in total. The predicted octanol–water partition coefficient (Wildman–Crippen LogP) is 0.296. The van der Waals surface area contributed by atoms with Gasteiger partial charge in [-0.1, -0.05) is 0 Å². The molecule has 0 heterocycles. The number of aliphatic hydroxyl groups is 3. The smallest absolute Gasteiger partial charge is 0.140 e. The number of nitrogens with zero attached hydrogens (tertiary/aromatic N) is 1. The van der Waals surface area contributed by atoms with Crippen LogP contribution in [0.3, 0.4) is 0 Å². The van der Waals surface area contributed by atoms with Crippen molar-refractivity contribution in [3.05, 3.63) is 0 Å². The summed E-state index contributed by atoms with van der Waals surface area (Å²) < 4.78 is 1.09. The highest BCUT2D eigenvalue weighted by atomic mass is 28.3. The van der Waals surface area contributed by atoms with Crippen LogP contribution in [0.1, 0.15) is 27.2 Å². The Hall–Kier alpha value is 0.0569. The topological polar surface area (TPSA) is 60.7 Å². The maximum atomic E-state index is 9.31. The van der Waals surface area contributed by atoms with E-state index in [1.165, 1.54) is 0 Å². The molecule has 0 spiro atoms. The lowest BCUT2D eigenvalue weighted by molar-refractivity contribution is -0.923. The van der Waals surface area contributed by atoms with Crippen molar-refractivity contribution in [2.45, 2.75) is 33.2 Å². The lowest BCUT2D eigenvalue weighted by Crippen LogP contribution is -2.51. The van der Waals surface area contributed by atoms with Crippen LogP contribution in [0.4, 0.5) is 0 Å². The fourth-order valence-corrected chi connectivity index (χ4v) is 4.00. The number of quaternary nitrogens is 1. The third kappa shape index (κ3) is 4.67. The van der Waals surface area contributed by atoms with E-state index in [4.69, 9.17) is 0 Å². The summed E-state index contributed by atoms with van der Waals surface area (Å²) in [6.07, 6.45) is 0.961. The summed E-state index contributed by atoms with van der Waals surface area (Å²) in [5, 5.41) is 27.9. The SMILES string of the molecule is CC[N+](CC)(CC)CCC[Si](CO)(CO)CO. The fourth-order valence-electron chi connectivity index (χ4n) is 2.32. The quantitative estimate of drug-likeness (QED) is 0.393. The van der Waals surface area contributed by atoms with Crippen molar-refractivity contribution in [2.24, 2.45) is 0 Å². The molecule has 0 aromatic rings. The molecule has 0 radical (unpaired) electrons. The van der Waals surface area contributed by atoms with E-state index in [9.17, 15) is 15.3 Å². The molecule has 0 saturated heterocycles. The number of hydrogen-bond acceptors (Lipinski definition) is 3. The molecule has 104 valence electrons. The van der Waals surface area contributed by atoms with Crippen LogP contribution in [0.2, 0.25) is 6.04 Å². The minimum absolute atomic E-state index is 0.00955. The lowest BCUT2D eigenvalue weighted by atomic mass is 10.3. The molecule has 0 aromatic carbocycles. The molecule has 0 unspecified atom stereocenters. The van der Waals surface area contributed by atoms with E-state index in [0.717, 1.165) is 43.1 Å². The maximum Gasteiger partial charge on any atom is 0.140 e. The highest BCUT2D eigenvalue weighted by Crippen LogP contribution is 2.15. The molecule has 3 N–H and O–H groups in total. The molecule has 5 heteroatoms. The number of rotatable bonds is 10. The molecule has 0 aliphatic rings. The van der Waals surface area contributed by atoms with E-state index in [-0.39, 0.29) is 18.7 Å². The van der Waals surface area contributed by atoms with Gasteiger partial charge in [-0.05, 0) is 33.2 Å². The zero-order valence-electron chi connectivity index (χ0n) is 11.7. The van der Waals surface area contributed by atoms with Gasteiger partial charge in [-0.25, -0.2) is 0 Å². The highest BCUT2D eigenvalue weighted by Gasteiger charge is 2.32. The summed E-state index contributed by atoms with van der Waals surface area (Å²) >= 11 is 0. The van der Waals surface area contributed by atoms with E-state index in [0.29, 0.717) is 0 Å². The number of aliphatic hydroxyl groups excluding tert-OH is 3. The summed E-state index contributed by atoms with van der Waals surface area (Å²) in [6, 6.07) is 0.816. The molecule has 17 heavy (non-hydrogen) atoms. The van der Waals surface area contributed by atoms with E-state index < -0.39 is 8.07 Å². The van der Waals surface area contributed by atoms with Crippen LogP contribution in [0.15, 0.2) is 0 Å². The minimum Gasteiger partial charge on any atom is -0.399 e. The fraction of sp³-hybridized carbons (Fsp3) is 1.00. The van der Waals surface area contributed by atoms with Crippen LogP contribution >= 0.6 is 0 Å². The molecule has 0 bridgehead atoms. The molecule has 0 aliphatic carbocycles. The third-order valence-electron chi connectivity index (χ3n) is 4.36. The molecule has 0 amide bonds. The largest absolute Gasteiger partial charge is 0.399 e. The van der Waals surface area contributed by atoms with Gasteiger partial charge in [-0.15, -0.1) is 0 Å². The monoisotopic (exact) mass is 264 g/mol. The molecule has 0 aromatic heterocycles. The van der Waals surface area contributed by atoms with Crippen molar-refractivity contribution in [3.63, 3.8) is 0 Å². The van der Waals surface area contributed by atoms with E-state index >= 15 is 0 Å². The van der Waals surface area contributed by atoms with Gasteiger partial charge in [0, 0.05) is 18.7 Å². The van der Waals surface area contributed by atoms with Crippen LogP contribution in [0.5, 0.6) is 0 Å². The molecule has 0 aliphatic heterocycles. The van der Waals surface area contributed by atoms with Gasteiger partial charge in [0.2, 0.25) is 0 Å². The molecular formula is C12H30NO3Si+. The van der Waals surface area contributed by atoms with Gasteiger partial charge < -0.3 is 19.8 Å². The Morgan fingerprint density at radius 3 is 1.53 bits per heavy atom. The zero-order valence-corrected chi connectivity index (χ0v) is 12.7. The van der Waals surface area contributed by atoms with E-state index in [1.54, 1.807) is 0 Å². The second-order valence-electron chi connectivity index (χ2n) is 5.09. The molecule has 0 atom stereocenters. The standard InChI is InChI=1S/C12H30NO3Si/c1-4-13(5-2,6-3)8-7-9-17(10-14,11-15)12-16/h14-16H,4-12H2,1-3H3/q+1. The Labute approximate surface area is 106 Å². The average molecular weight is 264 g/mol. The normalized spacial score (nSPS) is 13.1. The van der Waals surface area contributed by atoms with Crippen molar-refractivity contribution in [1.29, 1.82) is 0 Å². The zero-order chi connectivity index (χ0) is 13.4. The summed E-state index contributed by atoms with van der Waals surface area (Å²) in [5.41, 5.74) is 0. The van der Waals surface area contributed by atoms with E-state index in [1.807, 2.05) is 0 Å². The highest BCUT2D eigenvalue weighted by molar-refractivity contribution is 6.79. The first-order valence-corrected chi connectivity index (χ1v) is 9.58. The number of hydrogen-bond donors (Lipinski definition) is 3. The van der Waals surface area contributed by atoms with Gasteiger partial charge >= 0.3 is 0 Å². The van der Waals surface area contributed by atoms with Gasteiger partial charge in [0.25, 0.3) is 0 Å². The first-order chi connectivity index (χ1) is 8.07. The summed E-state index contributed by atoms with van der Waals surface area (Å²) in [4.78, 5) is 0. The van der Waals surface area contributed by atoms with E-state index in [2.05, 4.69) is 20.8 Å². The first-order valence-electron chi connectivity index (χ1n) is 6.75. The van der Waals surface area contributed by atoms with Crippen LogP contribution in [0.25, 0.3) is 0 Å². The van der Waals surface area contributed by atoms with Crippen LogP contribution in [-0.4, -0.2) is 72.7 Å². The molecule has 0 fully saturated rings. The van der Waals surface area contributed by atoms with Crippen LogP contribution < -0.4 is 0 Å². The van der Waals surface area contributed by atoms with Crippen molar-refractivity contribution in [1.82, 2.24) is 0 Å². The summed E-state index contributed by atoms with van der Waals surface area (Å²) in [6.45, 7) is 11.1. The Morgan fingerprint density at radius 1 is 0.824 bits per heavy atom. The van der Waals surface area contributed by atoms with Crippen LogP contribution in [-0.2, 0) is 0 Å². The predicted molar refractivity (Wildman–Crippen MR) is 73.2 cm³/mol. The Morgan fingerprint density at radius 2 is 1.24 bits per heavy atom. The van der Waals surface area contributed by atoms with Gasteiger partial charge in [0.15, 0.2) is 0 Å². The molecule has 0 saturated carbocycles. The van der Waals surface area contributed by atoms with Crippen molar-refractivity contribution >= 4 is 8.07 Å². The van der Waals surface area contributed by atoms with Crippen molar-refractivity contribution < 1.29 is 19.8 Å².